The van der Waals surface area contributed by atoms with Crippen molar-refractivity contribution in [3.05, 3.63) is 64.9 Å². The van der Waals surface area contributed by atoms with Gasteiger partial charge in [-0.25, -0.2) is 4.39 Å². The predicted molar refractivity (Wildman–Crippen MR) is 128 cm³/mol. The van der Waals surface area contributed by atoms with Gasteiger partial charge in [-0.1, -0.05) is 37.3 Å². The zero-order valence-corrected chi connectivity index (χ0v) is 20.0. The number of hydrazone groups is 1. The van der Waals surface area contributed by atoms with Gasteiger partial charge >= 0.3 is 6.11 Å². The summed E-state index contributed by atoms with van der Waals surface area (Å²) < 4.78 is 42.3. The van der Waals surface area contributed by atoms with Crippen LogP contribution in [0.25, 0.3) is 0 Å². The summed E-state index contributed by atoms with van der Waals surface area (Å²) in [5, 5.41) is 8.69. The first-order valence-electron chi connectivity index (χ1n) is 10.9. The standard InChI is InChI=1S/C25H32F3N3O3/c1-5-8-22(17-32)9-6-7-15-29-24(33)19(2)20(3)31(4)30-16-14-21-10-12-23(13-11-21)34-25(27,28)18-26/h6,8-13,16-17H,5,7,14-15,18H2,1-4H3,(H,29,33)/b9-6-,20-19+,22-8+,30-16+. The number of nitrogens with zero attached hydrogens (tertiary/aromatic N) is 2. The number of allylic oxidation sites excluding steroid dienone is 4. The van der Waals surface area contributed by atoms with Crippen molar-refractivity contribution >= 4 is 18.4 Å². The number of halogens is 3. The molecule has 0 saturated carbocycles. The van der Waals surface area contributed by atoms with Gasteiger partial charge in [-0.15, -0.1) is 0 Å². The molecule has 34 heavy (non-hydrogen) atoms. The Kier molecular flexibility index (Phi) is 12.4. The molecule has 0 aromatic heterocycles. The Morgan fingerprint density at radius 2 is 1.91 bits per heavy atom. The van der Waals surface area contributed by atoms with Crippen LogP contribution in [-0.2, 0) is 16.0 Å². The lowest BCUT2D eigenvalue weighted by atomic mass is 10.1. The number of ether oxygens (including phenoxy) is 1. The van der Waals surface area contributed by atoms with Crippen molar-refractivity contribution in [2.45, 2.75) is 46.1 Å². The fourth-order valence-corrected chi connectivity index (χ4v) is 2.67. The van der Waals surface area contributed by atoms with E-state index in [4.69, 9.17) is 0 Å². The molecule has 0 aliphatic rings. The highest BCUT2D eigenvalue weighted by atomic mass is 19.3. The molecule has 0 aliphatic carbocycles. The molecule has 1 aromatic carbocycles. The van der Waals surface area contributed by atoms with Gasteiger partial charge in [0.25, 0.3) is 0 Å². The number of hydrogen-bond acceptors (Lipinski definition) is 5. The van der Waals surface area contributed by atoms with Crippen molar-refractivity contribution in [1.82, 2.24) is 10.3 Å². The second-order valence-electron chi connectivity index (χ2n) is 7.43. The van der Waals surface area contributed by atoms with Crippen LogP contribution in [0.1, 0.15) is 39.2 Å². The monoisotopic (exact) mass is 479 g/mol. The van der Waals surface area contributed by atoms with Crippen molar-refractivity contribution in [3.8, 4) is 5.75 Å². The number of alkyl halides is 3. The highest BCUT2D eigenvalue weighted by Crippen LogP contribution is 2.22. The molecule has 1 N–H and O–H groups in total. The summed E-state index contributed by atoms with van der Waals surface area (Å²) in [5.74, 6) is -0.341. The van der Waals surface area contributed by atoms with Crippen LogP contribution in [0.4, 0.5) is 13.2 Å². The lowest BCUT2D eigenvalue weighted by molar-refractivity contribution is -0.186. The lowest BCUT2D eigenvalue weighted by Gasteiger charge is -2.16. The summed E-state index contributed by atoms with van der Waals surface area (Å²) in [5.41, 5.74) is 2.58. The van der Waals surface area contributed by atoms with Crippen molar-refractivity contribution in [2.75, 3.05) is 20.3 Å². The van der Waals surface area contributed by atoms with Crippen LogP contribution in [0.2, 0.25) is 0 Å². The Labute approximate surface area is 198 Å². The van der Waals surface area contributed by atoms with E-state index in [0.717, 1.165) is 18.3 Å². The molecule has 1 aromatic rings. The van der Waals surface area contributed by atoms with Gasteiger partial charge in [0.05, 0.1) is 0 Å². The fraction of sp³-hybridized carbons (Fsp3) is 0.400. The van der Waals surface area contributed by atoms with Crippen molar-refractivity contribution in [3.63, 3.8) is 0 Å². The number of benzene rings is 1. The first-order valence-corrected chi connectivity index (χ1v) is 10.9. The predicted octanol–water partition coefficient (Wildman–Crippen LogP) is 4.98. The van der Waals surface area contributed by atoms with E-state index in [2.05, 4.69) is 15.2 Å². The Morgan fingerprint density at radius 3 is 2.50 bits per heavy atom. The number of hydrogen-bond donors (Lipinski definition) is 1. The summed E-state index contributed by atoms with van der Waals surface area (Å²) in [6, 6.07) is 5.85. The van der Waals surface area contributed by atoms with Gasteiger partial charge < -0.3 is 10.1 Å². The molecule has 0 aliphatic heterocycles. The molecule has 0 unspecified atom stereocenters. The molecule has 0 fully saturated rings. The van der Waals surface area contributed by atoms with Gasteiger partial charge in [-0.3, -0.25) is 14.6 Å². The molecule has 0 bridgehead atoms. The first-order chi connectivity index (χ1) is 16.1. The molecule has 0 radical (unpaired) electrons. The normalized spacial score (nSPS) is 13.2. The Hall–Kier alpha value is -3.36. The molecule has 0 atom stereocenters. The summed E-state index contributed by atoms with van der Waals surface area (Å²) >= 11 is 0. The SMILES string of the molecule is CC/C=C(C=O)\C=C/CCNC(=O)/C(C)=C(\C)N(C)/N=C/Cc1ccc(OC(F)(F)CF)cc1. The van der Waals surface area contributed by atoms with Gasteiger partial charge in [0.2, 0.25) is 5.91 Å². The second-order valence-corrected chi connectivity index (χ2v) is 7.43. The minimum atomic E-state index is -3.84. The molecular formula is C25H32F3N3O3. The zero-order valence-electron chi connectivity index (χ0n) is 20.0. The lowest BCUT2D eigenvalue weighted by Crippen LogP contribution is -2.27. The van der Waals surface area contributed by atoms with Crippen LogP contribution < -0.4 is 10.1 Å². The maximum Gasteiger partial charge on any atom is 0.427 e. The van der Waals surface area contributed by atoms with E-state index >= 15 is 0 Å². The number of rotatable bonds is 14. The van der Waals surface area contributed by atoms with Crippen LogP contribution >= 0.6 is 0 Å². The second kappa shape index (κ2) is 14.7. The Balaban J connectivity index is 2.56. The van der Waals surface area contributed by atoms with E-state index in [1.807, 2.05) is 19.1 Å². The average molecular weight is 480 g/mol. The van der Waals surface area contributed by atoms with E-state index in [-0.39, 0.29) is 11.7 Å². The van der Waals surface area contributed by atoms with E-state index in [9.17, 15) is 22.8 Å². The van der Waals surface area contributed by atoms with Gasteiger partial charge in [-0.2, -0.15) is 13.9 Å². The summed E-state index contributed by atoms with van der Waals surface area (Å²) in [7, 11) is 1.71. The molecular weight excluding hydrogens is 447 g/mol. The van der Waals surface area contributed by atoms with Gasteiger partial charge in [0, 0.05) is 43.1 Å². The maximum atomic E-state index is 12.9. The van der Waals surface area contributed by atoms with E-state index in [0.29, 0.717) is 36.2 Å². The quantitative estimate of drug-likeness (QED) is 0.102. The highest BCUT2D eigenvalue weighted by molar-refractivity contribution is 5.93. The molecule has 1 amide bonds. The number of carbonyl (C=O) groups excluding carboxylic acids is 2. The smallest absolute Gasteiger partial charge is 0.427 e. The number of nitrogens with one attached hydrogen (secondary N) is 1. The number of carbonyl (C=O) groups is 2. The Morgan fingerprint density at radius 1 is 1.24 bits per heavy atom. The molecule has 0 spiro atoms. The van der Waals surface area contributed by atoms with Crippen LogP contribution in [0.5, 0.6) is 5.75 Å². The summed E-state index contributed by atoms with van der Waals surface area (Å²) in [6.45, 7) is 3.96. The van der Waals surface area contributed by atoms with Gasteiger partial charge in [-0.05, 0) is 44.4 Å². The topological polar surface area (TPSA) is 71.0 Å². The third-order valence-corrected chi connectivity index (χ3v) is 4.78. The van der Waals surface area contributed by atoms with Crippen molar-refractivity contribution in [2.24, 2.45) is 5.10 Å². The molecule has 186 valence electrons. The van der Waals surface area contributed by atoms with Crippen molar-refractivity contribution in [1.29, 1.82) is 0 Å². The van der Waals surface area contributed by atoms with Gasteiger partial charge in [0.15, 0.2) is 6.67 Å². The van der Waals surface area contributed by atoms with Crippen LogP contribution in [0, 0.1) is 0 Å². The van der Waals surface area contributed by atoms with E-state index < -0.39 is 12.8 Å². The largest absolute Gasteiger partial charge is 0.431 e. The highest BCUT2D eigenvalue weighted by Gasteiger charge is 2.31. The molecule has 6 nitrogen and oxygen atoms in total. The van der Waals surface area contributed by atoms with E-state index in [1.54, 1.807) is 50.3 Å². The van der Waals surface area contributed by atoms with E-state index in [1.165, 1.54) is 12.1 Å². The third-order valence-electron chi connectivity index (χ3n) is 4.78. The minimum Gasteiger partial charge on any atom is -0.431 e. The number of amides is 1. The van der Waals surface area contributed by atoms with Crippen LogP contribution in [0.3, 0.4) is 0 Å². The average Bonchev–Trinajstić information content (AvgIpc) is 2.82. The Bertz CT molecular complexity index is 923. The first kappa shape index (κ1) is 28.7. The van der Waals surface area contributed by atoms with Gasteiger partial charge in [0.1, 0.15) is 12.0 Å². The van der Waals surface area contributed by atoms with Crippen LogP contribution in [-0.4, -0.2) is 49.8 Å². The molecule has 9 heteroatoms. The van der Waals surface area contributed by atoms with Crippen molar-refractivity contribution < 1.29 is 27.5 Å². The minimum absolute atomic E-state index is 0.127. The van der Waals surface area contributed by atoms with Crippen LogP contribution in [0.15, 0.2) is 64.4 Å². The maximum absolute atomic E-state index is 12.9. The molecule has 0 saturated heterocycles. The molecule has 1 rings (SSSR count). The zero-order chi connectivity index (χ0) is 25.6. The summed E-state index contributed by atoms with van der Waals surface area (Å²) in [4.78, 5) is 23.2. The third kappa shape index (κ3) is 10.5. The summed E-state index contributed by atoms with van der Waals surface area (Å²) in [6.07, 6.45) is 5.77. The fourth-order valence-electron chi connectivity index (χ4n) is 2.67. The number of aldehydes is 1. The molecule has 0 heterocycles.